The summed E-state index contributed by atoms with van der Waals surface area (Å²) in [5.41, 5.74) is 11.5. The average molecular weight is 558 g/mol. The minimum absolute atomic E-state index is 0.0956. The summed E-state index contributed by atoms with van der Waals surface area (Å²) >= 11 is 0. The van der Waals surface area contributed by atoms with Crippen molar-refractivity contribution in [1.82, 2.24) is 19.4 Å². The van der Waals surface area contributed by atoms with E-state index < -0.39 is 11.2 Å². The number of aromatic nitrogens is 3. The van der Waals surface area contributed by atoms with Gasteiger partial charge in [-0.25, -0.2) is 4.79 Å². The molecule has 9 nitrogen and oxygen atoms in total. The Balaban J connectivity index is 1.24. The van der Waals surface area contributed by atoms with E-state index in [1.807, 2.05) is 29.2 Å². The second-order valence-electron chi connectivity index (χ2n) is 11.1. The summed E-state index contributed by atoms with van der Waals surface area (Å²) < 4.78 is 7.77. The van der Waals surface area contributed by atoms with Gasteiger partial charge in [0.15, 0.2) is 0 Å². The first-order valence-electron chi connectivity index (χ1n) is 14.4. The number of ether oxygens (including phenoxy) is 1. The van der Waals surface area contributed by atoms with Gasteiger partial charge in [0.1, 0.15) is 0 Å². The summed E-state index contributed by atoms with van der Waals surface area (Å²) in [4.78, 5) is 43.5. The first-order valence-corrected chi connectivity index (χ1v) is 14.4. The quantitative estimate of drug-likeness (QED) is 0.256. The van der Waals surface area contributed by atoms with Crippen molar-refractivity contribution >= 4 is 16.8 Å². The number of para-hydroxylation sites is 1. The smallest absolute Gasteiger partial charge is 0.325 e. The van der Waals surface area contributed by atoms with Crippen LogP contribution in [0.25, 0.3) is 22.0 Å². The van der Waals surface area contributed by atoms with E-state index in [0.717, 1.165) is 37.9 Å². The molecule has 0 unspecified atom stereocenters. The number of methoxy groups -OCH3 is 1. The van der Waals surface area contributed by atoms with E-state index in [4.69, 9.17) is 10.5 Å². The number of fused-ring (bicyclic) bond motifs is 1. The SMILES string of the molecule is COCCCn1c([C@@H]2CCCN(C(=O)C[C@H](N)Cc3ccc(-c4c[nH]c(=O)[nH]c4=O)cc3)C2)c(C)c2ccccc21. The number of amides is 1. The third kappa shape index (κ3) is 6.36. The fourth-order valence-electron chi connectivity index (χ4n) is 6.23. The van der Waals surface area contributed by atoms with Gasteiger partial charge >= 0.3 is 5.69 Å². The molecule has 1 saturated heterocycles. The van der Waals surface area contributed by atoms with Crippen LogP contribution in [0.15, 0.2) is 64.3 Å². The number of piperidine rings is 1. The number of H-pyrrole nitrogens is 2. The molecular formula is C32H39N5O4. The Labute approximate surface area is 239 Å². The summed E-state index contributed by atoms with van der Waals surface area (Å²) in [6.45, 7) is 5.27. The Hall–Kier alpha value is -3.95. The van der Waals surface area contributed by atoms with E-state index >= 15 is 0 Å². The number of likely N-dealkylation sites (tertiary alicyclic amines) is 1. The van der Waals surface area contributed by atoms with Gasteiger partial charge in [-0.2, -0.15) is 0 Å². The number of aryl methyl sites for hydroxylation is 2. The molecule has 41 heavy (non-hydrogen) atoms. The number of carbonyl (C=O) groups excluding carboxylic acids is 1. The second-order valence-corrected chi connectivity index (χ2v) is 11.1. The zero-order chi connectivity index (χ0) is 28.9. The van der Waals surface area contributed by atoms with Crippen molar-refractivity contribution in [3.05, 3.63) is 92.4 Å². The van der Waals surface area contributed by atoms with Gasteiger partial charge in [0.05, 0.1) is 5.56 Å². The van der Waals surface area contributed by atoms with E-state index in [1.54, 1.807) is 7.11 Å². The van der Waals surface area contributed by atoms with Crippen LogP contribution < -0.4 is 17.0 Å². The molecule has 1 aliphatic heterocycles. The zero-order valence-corrected chi connectivity index (χ0v) is 23.8. The Morgan fingerprint density at radius 2 is 1.93 bits per heavy atom. The second kappa shape index (κ2) is 12.7. The molecule has 2 aromatic carbocycles. The summed E-state index contributed by atoms with van der Waals surface area (Å²) in [6, 6.07) is 15.7. The molecule has 4 N–H and O–H groups in total. The average Bonchev–Trinajstić information content (AvgIpc) is 3.25. The van der Waals surface area contributed by atoms with Crippen LogP contribution >= 0.6 is 0 Å². The molecule has 2 atom stereocenters. The van der Waals surface area contributed by atoms with E-state index in [9.17, 15) is 14.4 Å². The lowest BCUT2D eigenvalue weighted by molar-refractivity contribution is -0.132. The van der Waals surface area contributed by atoms with Crippen molar-refractivity contribution in [2.75, 3.05) is 26.8 Å². The number of carbonyl (C=O) groups is 1. The highest BCUT2D eigenvalue weighted by Gasteiger charge is 2.29. The number of benzene rings is 2. The number of hydrogen-bond acceptors (Lipinski definition) is 5. The maximum atomic E-state index is 13.4. The summed E-state index contributed by atoms with van der Waals surface area (Å²) in [5.74, 6) is 0.376. The molecule has 0 bridgehead atoms. The highest BCUT2D eigenvalue weighted by atomic mass is 16.5. The molecule has 0 saturated carbocycles. The van der Waals surface area contributed by atoms with Gasteiger partial charge in [-0.1, -0.05) is 42.5 Å². The molecule has 216 valence electrons. The number of nitrogens with zero attached hydrogens (tertiary/aromatic N) is 2. The molecule has 0 spiro atoms. The molecule has 3 heterocycles. The van der Waals surface area contributed by atoms with Crippen molar-refractivity contribution in [3.63, 3.8) is 0 Å². The van der Waals surface area contributed by atoms with E-state index in [0.29, 0.717) is 30.7 Å². The maximum Gasteiger partial charge on any atom is 0.325 e. The molecule has 2 aromatic heterocycles. The Kier molecular flexibility index (Phi) is 8.85. The largest absolute Gasteiger partial charge is 0.385 e. The predicted octanol–water partition coefficient (Wildman–Crippen LogP) is 3.70. The molecule has 5 rings (SSSR count). The lowest BCUT2D eigenvalue weighted by atomic mass is 9.91. The Bertz CT molecular complexity index is 1620. The van der Waals surface area contributed by atoms with Gasteiger partial charge in [-0.15, -0.1) is 0 Å². The van der Waals surface area contributed by atoms with Crippen LogP contribution in [-0.4, -0.2) is 58.2 Å². The van der Waals surface area contributed by atoms with Crippen LogP contribution in [0.5, 0.6) is 0 Å². The van der Waals surface area contributed by atoms with Crippen LogP contribution in [0.1, 0.15) is 48.4 Å². The molecule has 1 fully saturated rings. The topological polar surface area (TPSA) is 126 Å². The summed E-state index contributed by atoms with van der Waals surface area (Å²) in [6.07, 6.45) is 5.21. The number of hydrogen-bond donors (Lipinski definition) is 3. The third-order valence-corrected chi connectivity index (χ3v) is 8.18. The first kappa shape index (κ1) is 28.6. The normalized spacial score (nSPS) is 16.3. The van der Waals surface area contributed by atoms with Crippen molar-refractivity contribution in [2.45, 2.75) is 57.5 Å². The van der Waals surface area contributed by atoms with E-state index in [-0.39, 0.29) is 24.3 Å². The van der Waals surface area contributed by atoms with Gasteiger partial charge in [-0.3, -0.25) is 14.6 Å². The summed E-state index contributed by atoms with van der Waals surface area (Å²) in [7, 11) is 1.74. The molecule has 0 radical (unpaired) electrons. The summed E-state index contributed by atoms with van der Waals surface area (Å²) in [5, 5.41) is 1.28. The highest BCUT2D eigenvalue weighted by Crippen LogP contribution is 2.36. The van der Waals surface area contributed by atoms with Crippen molar-refractivity contribution in [2.24, 2.45) is 5.73 Å². The minimum atomic E-state index is -0.536. The fourth-order valence-corrected chi connectivity index (χ4v) is 6.23. The van der Waals surface area contributed by atoms with Crippen LogP contribution in [0.2, 0.25) is 0 Å². The van der Waals surface area contributed by atoms with E-state index in [2.05, 4.69) is 45.7 Å². The number of aromatic amines is 2. The lowest BCUT2D eigenvalue weighted by Gasteiger charge is -2.34. The van der Waals surface area contributed by atoms with Crippen LogP contribution in [0, 0.1) is 6.92 Å². The molecular weight excluding hydrogens is 518 g/mol. The first-order chi connectivity index (χ1) is 19.9. The van der Waals surface area contributed by atoms with Gasteiger partial charge in [0.2, 0.25) is 5.91 Å². The predicted molar refractivity (Wildman–Crippen MR) is 161 cm³/mol. The monoisotopic (exact) mass is 557 g/mol. The van der Waals surface area contributed by atoms with Gasteiger partial charge < -0.3 is 24.9 Å². The van der Waals surface area contributed by atoms with Gasteiger partial charge in [0.25, 0.3) is 5.56 Å². The van der Waals surface area contributed by atoms with Crippen LogP contribution in [0.4, 0.5) is 0 Å². The molecule has 4 aromatic rings. The molecule has 1 aliphatic rings. The number of rotatable bonds is 10. The standard InChI is InChI=1S/C32H39N5O4/c1-21-26-8-3-4-9-28(26)37(15-6-16-41-2)30(21)24-7-5-14-36(20-24)29(38)18-25(33)17-22-10-12-23(13-11-22)27-19-34-32(40)35-31(27)39/h3-4,8-13,19,24-25H,5-7,14-18,20,33H2,1-2H3,(H2,34,35,39,40)/t24-,25-/m1/s1. The van der Waals surface area contributed by atoms with E-state index in [1.165, 1.54) is 28.4 Å². The number of nitrogens with one attached hydrogen (secondary N) is 2. The van der Waals surface area contributed by atoms with Gasteiger partial charge in [0, 0.05) is 74.5 Å². The third-order valence-electron chi connectivity index (χ3n) is 8.18. The lowest BCUT2D eigenvalue weighted by Crippen LogP contribution is -2.42. The molecule has 9 heteroatoms. The van der Waals surface area contributed by atoms with Crippen LogP contribution in [-0.2, 0) is 22.5 Å². The molecule has 1 amide bonds. The maximum absolute atomic E-state index is 13.4. The Morgan fingerprint density at radius 3 is 2.68 bits per heavy atom. The van der Waals surface area contributed by atoms with Gasteiger partial charge in [-0.05, 0) is 55.4 Å². The van der Waals surface area contributed by atoms with Crippen molar-refractivity contribution in [1.29, 1.82) is 0 Å². The number of nitrogens with two attached hydrogens (primary N) is 1. The van der Waals surface area contributed by atoms with Crippen molar-refractivity contribution < 1.29 is 9.53 Å². The van der Waals surface area contributed by atoms with Crippen LogP contribution in [0.3, 0.4) is 0 Å². The Morgan fingerprint density at radius 1 is 1.15 bits per heavy atom. The zero-order valence-electron chi connectivity index (χ0n) is 23.8. The minimum Gasteiger partial charge on any atom is -0.385 e. The fraction of sp³-hybridized carbons (Fsp3) is 0.406. The molecule has 0 aliphatic carbocycles. The van der Waals surface area contributed by atoms with Crippen molar-refractivity contribution in [3.8, 4) is 11.1 Å². The highest BCUT2D eigenvalue weighted by molar-refractivity contribution is 5.85.